The molecule has 1 fully saturated rings. The molecule has 0 unspecified atom stereocenters. The van der Waals surface area contributed by atoms with Crippen LogP contribution >= 0.6 is 24.0 Å². The Bertz CT molecular complexity index is 543. The van der Waals surface area contributed by atoms with Crippen LogP contribution in [0.1, 0.15) is 34.6 Å². The van der Waals surface area contributed by atoms with Gasteiger partial charge in [0.1, 0.15) is 24.2 Å². The SMILES string of the molecule is CCS[C@H]1O[C@H]([C@@H](COC(C)=O)OC(C)=O)[C@H](OC(C)=O)[C@H]1NC(C)=S. The van der Waals surface area contributed by atoms with Crippen molar-refractivity contribution < 1.29 is 33.3 Å². The molecular weight excluding hydrogens is 382 g/mol. The van der Waals surface area contributed by atoms with Crippen molar-refractivity contribution in [3.63, 3.8) is 0 Å². The van der Waals surface area contributed by atoms with Crippen LogP contribution in [0, 0.1) is 0 Å². The first-order valence-corrected chi connectivity index (χ1v) is 9.63. The van der Waals surface area contributed by atoms with Crippen LogP contribution in [-0.2, 0) is 33.3 Å². The van der Waals surface area contributed by atoms with Gasteiger partial charge in [0.2, 0.25) is 0 Å². The van der Waals surface area contributed by atoms with Crippen molar-refractivity contribution in [2.45, 2.75) is 64.4 Å². The Hall–Kier alpha value is -1.39. The monoisotopic (exact) mass is 407 g/mol. The molecule has 10 heteroatoms. The Morgan fingerprint density at radius 2 is 1.81 bits per heavy atom. The van der Waals surface area contributed by atoms with Crippen molar-refractivity contribution in [2.24, 2.45) is 0 Å². The van der Waals surface area contributed by atoms with E-state index in [0.717, 1.165) is 5.75 Å². The van der Waals surface area contributed by atoms with Crippen LogP contribution in [0.5, 0.6) is 0 Å². The summed E-state index contributed by atoms with van der Waals surface area (Å²) in [5, 5.41) is 3.10. The number of carbonyl (C=O) groups is 3. The molecule has 1 N–H and O–H groups in total. The first-order valence-electron chi connectivity index (χ1n) is 8.17. The molecule has 148 valence electrons. The van der Waals surface area contributed by atoms with Crippen molar-refractivity contribution in [1.29, 1.82) is 0 Å². The quantitative estimate of drug-likeness (QED) is 0.359. The summed E-state index contributed by atoms with van der Waals surface area (Å²) in [4.78, 5) is 34.8. The van der Waals surface area contributed by atoms with Gasteiger partial charge in [-0.1, -0.05) is 19.1 Å². The molecule has 26 heavy (non-hydrogen) atoms. The lowest BCUT2D eigenvalue weighted by molar-refractivity contribution is -0.173. The summed E-state index contributed by atoms with van der Waals surface area (Å²) in [7, 11) is 0. The number of ether oxygens (including phenoxy) is 4. The molecule has 8 nitrogen and oxygen atoms in total. The Balaban J connectivity index is 3.13. The molecule has 5 atom stereocenters. The van der Waals surface area contributed by atoms with Crippen molar-refractivity contribution >= 4 is 46.9 Å². The normalized spacial score (nSPS) is 25.9. The Kier molecular flexibility index (Phi) is 9.31. The number of hydrogen-bond donors (Lipinski definition) is 1. The highest BCUT2D eigenvalue weighted by Gasteiger charge is 2.51. The maximum Gasteiger partial charge on any atom is 0.303 e. The number of hydrogen-bond acceptors (Lipinski definition) is 9. The highest BCUT2D eigenvalue weighted by atomic mass is 32.2. The van der Waals surface area contributed by atoms with E-state index in [0.29, 0.717) is 4.99 Å². The van der Waals surface area contributed by atoms with E-state index < -0.39 is 42.3 Å². The lowest BCUT2D eigenvalue weighted by Crippen LogP contribution is -2.51. The van der Waals surface area contributed by atoms with Gasteiger partial charge in [-0.05, 0) is 12.7 Å². The molecule has 0 aromatic rings. The van der Waals surface area contributed by atoms with Gasteiger partial charge in [-0.15, -0.1) is 11.8 Å². The minimum Gasteiger partial charge on any atom is -0.462 e. The number of nitrogens with one attached hydrogen (secondary N) is 1. The number of thiocarbonyl (C=S) groups is 1. The zero-order chi connectivity index (χ0) is 19.9. The van der Waals surface area contributed by atoms with E-state index >= 15 is 0 Å². The summed E-state index contributed by atoms with van der Waals surface area (Å²) >= 11 is 6.62. The maximum absolute atomic E-state index is 11.6. The average molecular weight is 408 g/mol. The fourth-order valence-corrected chi connectivity index (χ4v) is 3.71. The zero-order valence-electron chi connectivity index (χ0n) is 15.5. The molecule has 1 aliphatic heterocycles. The van der Waals surface area contributed by atoms with Crippen LogP contribution in [0.2, 0.25) is 0 Å². The number of carbonyl (C=O) groups excluding carboxylic acids is 3. The van der Waals surface area contributed by atoms with Gasteiger partial charge < -0.3 is 24.3 Å². The van der Waals surface area contributed by atoms with Crippen molar-refractivity contribution in [1.82, 2.24) is 5.32 Å². The smallest absolute Gasteiger partial charge is 0.303 e. The molecule has 0 bridgehead atoms. The van der Waals surface area contributed by atoms with E-state index in [1.54, 1.807) is 6.92 Å². The molecule has 0 spiro atoms. The van der Waals surface area contributed by atoms with Crippen molar-refractivity contribution in [3.05, 3.63) is 0 Å². The zero-order valence-corrected chi connectivity index (χ0v) is 17.1. The summed E-state index contributed by atoms with van der Waals surface area (Å²) in [5.74, 6) is -0.836. The van der Waals surface area contributed by atoms with E-state index in [1.165, 1.54) is 32.5 Å². The van der Waals surface area contributed by atoms with E-state index in [4.69, 9.17) is 31.2 Å². The Morgan fingerprint density at radius 3 is 2.27 bits per heavy atom. The molecule has 0 amide bonds. The van der Waals surface area contributed by atoms with Crippen LogP contribution < -0.4 is 5.32 Å². The molecule has 1 saturated heterocycles. The minimum absolute atomic E-state index is 0.204. The van der Waals surface area contributed by atoms with Gasteiger partial charge in [0.25, 0.3) is 0 Å². The molecule has 0 saturated carbocycles. The van der Waals surface area contributed by atoms with E-state index in [9.17, 15) is 14.4 Å². The Morgan fingerprint density at radius 1 is 1.15 bits per heavy atom. The predicted molar refractivity (Wildman–Crippen MR) is 99.7 cm³/mol. The summed E-state index contributed by atoms with van der Waals surface area (Å²) in [6, 6.07) is -0.429. The first-order chi connectivity index (χ1) is 12.1. The molecule has 0 aliphatic carbocycles. The summed E-state index contributed by atoms with van der Waals surface area (Å²) in [6.45, 7) is 7.25. The van der Waals surface area contributed by atoms with Gasteiger partial charge in [0.15, 0.2) is 12.2 Å². The highest BCUT2D eigenvalue weighted by molar-refractivity contribution is 7.99. The molecule has 1 rings (SSSR count). The Labute approximate surface area is 162 Å². The van der Waals surface area contributed by atoms with E-state index in [-0.39, 0.29) is 12.0 Å². The molecular formula is C16H25NO7S2. The number of rotatable bonds is 8. The van der Waals surface area contributed by atoms with Gasteiger partial charge in [-0.25, -0.2) is 0 Å². The van der Waals surface area contributed by atoms with Gasteiger partial charge >= 0.3 is 17.9 Å². The number of thioether (sulfide) groups is 1. The molecule has 1 aliphatic rings. The second-order valence-corrected chi connectivity index (χ2v) is 7.66. The lowest BCUT2D eigenvalue weighted by atomic mass is 10.0. The van der Waals surface area contributed by atoms with Crippen LogP contribution in [0.15, 0.2) is 0 Å². The fourth-order valence-electron chi connectivity index (χ4n) is 2.61. The minimum atomic E-state index is -0.919. The molecule has 0 aromatic heterocycles. The van der Waals surface area contributed by atoms with Crippen LogP contribution in [-0.4, -0.2) is 65.0 Å². The largest absolute Gasteiger partial charge is 0.462 e. The lowest BCUT2D eigenvalue weighted by Gasteiger charge is -2.28. The van der Waals surface area contributed by atoms with Crippen molar-refractivity contribution in [3.8, 4) is 0 Å². The third-order valence-electron chi connectivity index (χ3n) is 3.40. The summed E-state index contributed by atoms with van der Waals surface area (Å²) < 4.78 is 21.7. The van der Waals surface area contributed by atoms with Gasteiger partial charge in [0.05, 0.1) is 4.99 Å². The standard InChI is InChI=1S/C16H25NO7S2/c1-6-26-16-13(17-8(2)25)15(23-11(5)20)14(24-16)12(22-10(4)19)7-21-9(3)18/h12-16H,6-7H2,1-5H3,(H,17,25)/t12-,13-,14-,15-,16-/m1/s1. The molecule has 0 aromatic carbocycles. The average Bonchev–Trinajstić information content (AvgIpc) is 2.80. The van der Waals surface area contributed by atoms with E-state index in [2.05, 4.69) is 5.32 Å². The number of esters is 3. The predicted octanol–water partition coefficient (Wildman–Crippen LogP) is 1.20. The molecule has 1 heterocycles. The highest BCUT2D eigenvalue weighted by Crippen LogP contribution is 2.34. The van der Waals surface area contributed by atoms with Crippen LogP contribution in [0.3, 0.4) is 0 Å². The maximum atomic E-state index is 11.6. The van der Waals surface area contributed by atoms with Gasteiger partial charge in [-0.3, -0.25) is 14.4 Å². The third kappa shape index (κ3) is 7.08. The fraction of sp³-hybridized carbons (Fsp3) is 0.750. The van der Waals surface area contributed by atoms with Gasteiger partial charge in [0, 0.05) is 20.8 Å². The van der Waals surface area contributed by atoms with Crippen LogP contribution in [0.4, 0.5) is 0 Å². The molecule has 0 radical (unpaired) electrons. The summed E-state index contributed by atoms with van der Waals surface area (Å²) in [6.07, 6.45) is -2.50. The third-order valence-corrected chi connectivity index (χ3v) is 4.58. The second-order valence-electron chi connectivity index (χ2n) is 5.68. The first kappa shape index (κ1) is 22.7. The van der Waals surface area contributed by atoms with E-state index in [1.807, 2.05) is 6.92 Å². The second kappa shape index (κ2) is 10.7. The summed E-state index contributed by atoms with van der Waals surface area (Å²) in [5.41, 5.74) is -0.386. The van der Waals surface area contributed by atoms with Gasteiger partial charge in [-0.2, -0.15) is 0 Å². The van der Waals surface area contributed by atoms with Crippen LogP contribution in [0.25, 0.3) is 0 Å². The topological polar surface area (TPSA) is 100 Å². The van der Waals surface area contributed by atoms with Crippen molar-refractivity contribution in [2.75, 3.05) is 12.4 Å².